The summed E-state index contributed by atoms with van der Waals surface area (Å²) in [5, 5.41) is 9.38. The molecule has 19 heavy (non-hydrogen) atoms. The van der Waals surface area contributed by atoms with Crippen LogP contribution in [-0.4, -0.2) is 22.3 Å². The van der Waals surface area contributed by atoms with Crippen LogP contribution in [0.5, 0.6) is 0 Å². The minimum atomic E-state index is -0.787. The number of pyridine rings is 1. The Hall–Kier alpha value is -1.89. The van der Waals surface area contributed by atoms with Gasteiger partial charge >= 0.3 is 0 Å². The Morgan fingerprint density at radius 2 is 2.21 bits per heavy atom. The minimum absolute atomic E-state index is 0.0272. The molecular weight excluding hydrogens is 238 g/mol. The highest BCUT2D eigenvalue weighted by atomic mass is 16.2. The summed E-state index contributed by atoms with van der Waals surface area (Å²) in [5.74, 6) is -0.0272. The third-order valence-electron chi connectivity index (χ3n) is 3.83. The summed E-state index contributed by atoms with van der Waals surface area (Å²) in [5.41, 5.74) is 0.0777. The van der Waals surface area contributed by atoms with Gasteiger partial charge in [0.1, 0.15) is 5.41 Å². The second kappa shape index (κ2) is 5.83. The average molecular weight is 257 g/mol. The molecule has 2 rings (SSSR count). The summed E-state index contributed by atoms with van der Waals surface area (Å²) in [6.07, 6.45) is 5.06. The number of carbonyl (C=O) groups is 1. The third-order valence-corrected chi connectivity index (χ3v) is 3.83. The molecule has 0 bridgehead atoms. The first kappa shape index (κ1) is 13.5. The van der Waals surface area contributed by atoms with E-state index in [1.54, 1.807) is 11.1 Å². The van der Waals surface area contributed by atoms with Crippen LogP contribution in [0.1, 0.15) is 38.3 Å². The minimum Gasteiger partial charge on any atom is -0.336 e. The lowest BCUT2D eigenvalue weighted by molar-refractivity contribution is -0.139. The summed E-state index contributed by atoms with van der Waals surface area (Å²) < 4.78 is 0. The van der Waals surface area contributed by atoms with E-state index in [4.69, 9.17) is 0 Å². The van der Waals surface area contributed by atoms with Crippen LogP contribution in [0.15, 0.2) is 24.4 Å². The number of nitriles is 1. The van der Waals surface area contributed by atoms with Gasteiger partial charge in [-0.2, -0.15) is 5.26 Å². The Morgan fingerprint density at radius 3 is 2.74 bits per heavy atom. The van der Waals surface area contributed by atoms with E-state index in [1.807, 2.05) is 25.1 Å². The Kier molecular flexibility index (Phi) is 4.16. The molecule has 1 fully saturated rings. The predicted octanol–water partition coefficient (Wildman–Crippen LogP) is 2.51. The summed E-state index contributed by atoms with van der Waals surface area (Å²) in [6, 6.07) is 7.94. The maximum absolute atomic E-state index is 12.6. The zero-order valence-electron chi connectivity index (χ0n) is 11.3. The molecule has 0 aliphatic heterocycles. The van der Waals surface area contributed by atoms with E-state index >= 15 is 0 Å². The first-order chi connectivity index (χ1) is 9.22. The SMILES string of the molecule is CCN(Cc1ccccn1)C(=O)C1(C#N)CCCC1. The van der Waals surface area contributed by atoms with Crippen molar-refractivity contribution in [1.82, 2.24) is 9.88 Å². The molecular formula is C15H19N3O. The van der Waals surface area contributed by atoms with Crippen molar-refractivity contribution >= 4 is 5.91 Å². The van der Waals surface area contributed by atoms with Crippen LogP contribution in [-0.2, 0) is 11.3 Å². The standard InChI is InChI=1S/C15H19N3O/c1-2-18(11-13-7-3-6-10-17-13)14(19)15(12-16)8-4-5-9-15/h3,6-7,10H,2,4-5,8-9,11H2,1H3. The van der Waals surface area contributed by atoms with Gasteiger partial charge in [-0.15, -0.1) is 0 Å². The normalized spacial score (nSPS) is 16.8. The maximum Gasteiger partial charge on any atom is 0.243 e. The molecule has 1 saturated carbocycles. The second-order valence-corrected chi connectivity index (χ2v) is 5.04. The molecule has 1 aliphatic carbocycles. The number of nitrogens with zero attached hydrogens (tertiary/aromatic N) is 3. The highest BCUT2D eigenvalue weighted by Gasteiger charge is 2.43. The van der Waals surface area contributed by atoms with Crippen LogP contribution in [0.2, 0.25) is 0 Å². The lowest BCUT2D eigenvalue weighted by Gasteiger charge is -2.28. The topological polar surface area (TPSA) is 57.0 Å². The zero-order valence-corrected chi connectivity index (χ0v) is 11.3. The van der Waals surface area contributed by atoms with Gasteiger partial charge in [0, 0.05) is 12.7 Å². The van der Waals surface area contributed by atoms with Gasteiger partial charge in [0.2, 0.25) is 5.91 Å². The molecule has 4 heteroatoms. The van der Waals surface area contributed by atoms with Crippen molar-refractivity contribution in [2.24, 2.45) is 5.41 Å². The second-order valence-electron chi connectivity index (χ2n) is 5.04. The predicted molar refractivity (Wildman–Crippen MR) is 71.8 cm³/mol. The van der Waals surface area contributed by atoms with Gasteiger partial charge in [-0.3, -0.25) is 9.78 Å². The molecule has 100 valence electrons. The number of aromatic nitrogens is 1. The van der Waals surface area contributed by atoms with E-state index in [0.717, 1.165) is 18.5 Å². The highest BCUT2D eigenvalue weighted by molar-refractivity contribution is 5.85. The van der Waals surface area contributed by atoms with Crippen LogP contribution >= 0.6 is 0 Å². The molecule has 0 unspecified atom stereocenters. The smallest absolute Gasteiger partial charge is 0.243 e. The summed E-state index contributed by atoms with van der Waals surface area (Å²) in [7, 11) is 0. The number of hydrogen-bond acceptors (Lipinski definition) is 3. The Balaban J connectivity index is 2.13. The molecule has 1 heterocycles. The van der Waals surface area contributed by atoms with Crippen molar-refractivity contribution in [3.05, 3.63) is 30.1 Å². The van der Waals surface area contributed by atoms with E-state index < -0.39 is 5.41 Å². The third kappa shape index (κ3) is 2.76. The van der Waals surface area contributed by atoms with Gasteiger partial charge in [0.25, 0.3) is 0 Å². The van der Waals surface area contributed by atoms with Gasteiger partial charge < -0.3 is 4.90 Å². The van der Waals surface area contributed by atoms with Crippen molar-refractivity contribution < 1.29 is 4.79 Å². The molecule has 1 aliphatic rings. The quantitative estimate of drug-likeness (QED) is 0.832. The number of carbonyl (C=O) groups excluding carboxylic acids is 1. The fraction of sp³-hybridized carbons (Fsp3) is 0.533. The van der Waals surface area contributed by atoms with Crippen LogP contribution in [0.3, 0.4) is 0 Å². The molecule has 1 amide bonds. The van der Waals surface area contributed by atoms with Gasteiger partial charge in [-0.1, -0.05) is 18.9 Å². The zero-order chi connectivity index (χ0) is 13.7. The Morgan fingerprint density at radius 1 is 1.47 bits per heavy atom. The lowest BCUT2D eigenvalue weighted by atomic mass is 9.86. The summed E-state index contributed by atoms with van der Waals surface area (Å²) in [4.78, 5) is 18.6. The average Bonchev–Trinajstić information content (AvgIpc) is 2.95. The number of rotatable bonds is 4. The number of hydrogen-bond donors (Lipinski definition) is 0. The summed E-state index contributed by atoms with van der Waals surface area (Å²) in [6.45, 7) is 3.04. The van der Waals surface area contributed by atoms with Gasteiger partial charge in [0.15, 0.2) is 0 Å². The van der Waals surface area contributed by atoms with E-state index in [1.165, 1.54) is 0 Å². The fourth-order valence-corrected chi connectivity index (χ4v) is 2.67. The molecule has 0 aromatic carbocycles. The fourth-order valence-electron chi connectivity index (χ4n) is 2.67. The molecule has 0 N–H and O–H groups in total. The van der Waals surface area contributed by atoms with Crippen molar-refractivity contribution in [3.8, 4) is 6.07 Å². The lowest BCUT2D eigenvalue weighted by Crippen LogP contribution is -2.41. The Bertz CT molecular complexity index is 472. The van der Waals surface area contributed by atoms with E-state index in [0.29, 0.717) is 25.9 Å². The first-order valence-electron chi connectivity index (χ1n) is 6.82. The van der Waals surface area contributed by atoms with E-state index in [9.17, 15) is 10.1 Å². The maximum atomic E-state index is 12.6. The highest BCUT2D eigenvalue weighted by Crippen LogP contribution is 2.39. The molecule has 4 nitrogen and oxygen atoms in total. The molecule has 0 spiro atoms. The van der Waals surface area contributed by atoms with Crippen LogP contribution < -0.4 is 0 Å². The van der Waals surface area contributed by atoms with Gasteiger partial charge in [0.05, 0.1) is 18.3 Å². The van der Waals surface area contributed by atoms with E-state index in [2.05, 4.69) is 11.1 Å². The van der Waals surface area contributed by atoms with Crippen LogP contribution in [0.25, 0.3) is 0 Å². The Labute approximate surface area is 114 Å². The van der Waals surface area contributed by atoms with Crippen molar-refractivity contribution in [1.29, 1.82) is 5.26 Å². The molecule has 1 aromatic rings. The number of amides is 1. The van der Waals surface area contributed by atoms with Gasteiger partial charge in [-0.25, -0.2) is 0 Å². The van der Waals surface area contributed by atoms with E-state index in [-0.39, 0.29) is 5.91 Å². The molecule has 1 aromatic heterocycles. The summed E-state index contributed by atoms with van der Waals surface area (Å²) >= 11 is 0. The van der Waals surface area contributed by atoms with Crippen molar-refractivity contribution in [2.75, 3.05) is 6.54 Å². The van der Waals surface area contributed by atoms with Gasteiger partial charge in [-0.05, 0) is 31.9 Å². The largest absolute Gasteiger partial charge is 0.336 e. The van der Waals surface area contributed by atoms with Crippen LogP contribution in [0.4, 0.5) is 0 Å². The van der Waals surface area contributed by atoms with Crippen molar-refractivity contribution in [2.45, 2.75) is 39.2 Å². The van der Waals surface area contributed by atoms with Crippen LogP contribution in [0, 0.1) is 16.7 Å². The first-order valence-corrected chi connectivity index (χ1v) is 6.82. The monoisotopic (exact) mass is 257 g/mol. The molecule has 0 radical (unpaired) electrons. The molecule has 0 atom stereocenters. The molecule has 0 saturated heterocycles. The van der Waals surface area contributed by atoms with Crippen molar-refractivity contribution in [3.63, 3.8) is 0 Å².